The predicted octanol–water partition coefficient (Wildman–Crippen LogP) is 3.69. The van der Waals surface area contributed by atoms with E-state index < -0.39 is 6.61 Å². The molecule has 7 heteroatoms. The molecule has 1 saturated carbocycles. The van der Waals surface area contributed by atoms with E-state index in [-0.39, 0.29) is 17.7 Å². The average molecular weight is 389 g/mol. The molecule has 3 rings (SSSR count). The van der Waals surface area contributed by atoms with E-state index in [0.717, 1.165) is 19.4 Å². The molecule has 1 aliphatic rings. The number of hydrogen-bond acceptors (Lipinski definition) is 3. The van der Waals surface area contributed by atoms with E-state index in [0.29, 0.717) is 17.3 Å². The fourth-order valence-corrected chi connectivity index (χ4v) is 3.19. The van der Waals surface area contributed by atoms with Crippen LogP contribution in [0, 0.1) is 0 Å². The molecule has 0 bridgehead atoms. The van der Waals surface area contributed by atoms with E-state index >= 15 is 0 Å². The van der Waals surface area contributed by atoms with Crippen LogP contribution in [0.2, 0.25) is 0 Å². The molecule has 1 fully saturated rings. The lowest BCUT2D eigenvalue weighted by Crippen LogP contribution is -2.41. The molecule has 1 aliphatic carbocycles. The molecule has 0 radical (unpaired) electrons. The minimum absolute atomic E-state index is 0.113. The lowest BCUT2D eigenvalue weighted by Gasteiger charge is -2.19. The van der Waals surface area contributed by atoms with E-state index in [4.69, 9.17) is 4.74 Å². The smallest absolute Gasteiger partial charge is 0.387 e. The first kappa shape index (κ1) is 19.9. The van der Waals surface area contributed by atoms with Gasteiger partial charge in [0.25, 0.3) is 0 Å². The maximum Gasteiger partial charge on any atom is 0.387 e. The van der Waals surface area contributed by atoms with Crippen molar-refractivity contribution in [1.29, 1.82) is 0 Å². The van der Waals surface area contributed by atoms with Crippen molar-refractivity contribution in [2.45, 2.75) is 31.4 Å². The number of rotatable bonds is 8. The van der Waals surface area contributed by atoms with E-state index in [1.54, 1.807) is 19.2 Å². The zero-order valence-electron chi connectivity index (χ0n) is 16.0. The third-order valence-electron chi connectivity index (χ3n) is 4.99. The van der Waals surface area contributed by atoms with E-state index in [9.17, 15) is 8.78 Å². The summed E-state index contributed by atoms with van der Waals surface area (Å²) in [4.78, 5) is 4.24. The summed E-state index contributed by atoms with van der Waals surface area (Å²) in [5.41, 5.74) is 2.02. The number of guanidine groups is 1. The van der Waals surface area contributed by atoms with Gasteiger partial charge in [-0.15, -0.1) is 0 Å². The minimum atomic E-state index is -2.88. The maximum atomic E-state index is 12.7. The Morgan fingerprint density at radius 1 is 1.14 bits per heavy atom. The van der Waals surface area contributed by atoms with Crippen molar-refractivity contribution in [3.63, 3.8) is 0 Å². The normalized spacial score (nSPS) is 15.2. The Balaban J connectivity index is 1.62. The Labute approximate surface area is 163 Å². The van der Waals surface area contributed by atoms with Crippen molar-refractivity contribution < 1.29 is 18.3 Å². The van der Waals surface area contributed by atoms with Gasteiger partial charge >= 0.3 is 6.61 Å². The number of ether oxygens (including phenoxy) is 2. The Hall–Kier alpha value is -2.83. The van der Waals surface area contributed by atoms with Crippen LogP contribution in [0.1, 0.15) is 24.0 Å². The summed E-state index contributed by atoms with van der Waals surface area (Å²) in [6.07, 6.45) is 2.26. The largest absolute Gasteiger partial charge is 0.497 e. The van der Waals surface area contributed by atoms with Crippen molar-refractivity contribution in [1.82, 2.24) is 10.6 Å². The number of hydrogen-bond donors (Lipinski definition) is 2. The van der Waals surface area contributed by atoms with Gasteiger partial charge in [-0.3, -0.25) is 4.99 Å². The molecule has 0 aliphatic heterocycles. The number of aliphatic imine (C=N–C) groups is 1. The Morgan fingerprint density at radius 3 is 2.50 bits per heavy atom. The number of halogens is 2. The average Bonchev–Trinajstić information content (AvgIpc) is 3.50. The number of methoxy groups -OCH3 is 1. The first-order valence-electron chi connectivity index (χ1n) is 9.18. The third kappa shape index (κ3) is 4.91. The van der Waals surface area contributed by atoms with Crippen molar-refractivity contribution in [2.75, 3.05) is 20.7 Å². The molecule has 0 unspecified atom stereocenters. The van der Waals surface area contributed by atoms with Crippen molar-refractivity contribution in [3.05, 3.63) is 59.7 Å². The van der Waals surface area contributed by atoms with Gasteiger partial charge in [0, 0.05) is 31.1 Å². The van der Waals surface area contributed by atoms with Crippen LogP contribution in [-0.4, -0.2) is 33.3 Å². The second-order valence-corrected chi connectivity index (χ2v) is 6.78. The van der Waals surface area contributed by atoms with Crippen LogP contribution >= 0.6 is 0 Å². The van der Waals surface area contributed by atoms with Crippen LogP contribution < -0.4 is 20.1 Å². The van der Waals surface area contributed by atoms with Gasteiger partial charge in [-0.1, -0.05) is 30.3 Å². The number of nitrogens with one attached hydrogen (secondary N) is 2. The Bertz CT molecular complexity index is 809. The molecule has 0 aromatic heterocycles. The molecule has 2 aromatic carbocycles. The van der Waals surface area contributed by atoms with Gasteiger partial charge in [-0.05, 0) is 36.6 Å². The highest BCUT2D eigenvalue weighted by atomic mass is 19.3. The topological polar surface area (TPSA) is 54.9 Å². The van der Waals surface area contributed by atoms with Gasteiger partial charge in [0.1, 0.15) is 11.5 Å². The quantitative estimate of drug-likeness (QED) is 0.534. The third-order valence-corrected chi connectivity index (χ3v) is 4.99. The SMILES string of the molecule is CN=C(NCc1cc(OC)ccc1OC(F)F)NCC1(c2ccccc2)CC1. The first-order chi connectivity index (χ1) is 13.6. The maximum absolute atomic E-state index is 12.7. The fourth-order valence-electron chi connectivity index (χ4n) is 3.19. The molecule has 28 heavy (non-hydrogen) atoms. The molecule has 0 heterocycles. The van der Waals surface area contributed by atoms with Crippen LogP contribution in [0.25, 0.3) is 0 Å². The number of nitrogens with zero attached hydrogens (tertiary/aromatic N) is 1. The minimum Gasteiger partial charge on any atom is -0.497 e. The Kier molecular flexibility index (Phi) is 6.34. The van der Waals surface area contributed by atoms with E-state index in [1.807, 2.05) is 6.07 Å². The van der Waals surface area contributed by atoms with Crippen molar-refractivity contribution >= 4 is 5.96 Å². The van der Waals surface area contributed by atoms with Gasteiger partial charge in [0.05, 0.1) is 7.11 Å². The molecule has 150 valence electrons. The molecule has 0 saturated heterocycles. The van der Waals surface area contributed by atoms with Crippen LogP contribution in [-0.2, 0) is 12.0 Å². The van der Waals surface area contributed by atoms with Gasteiger partial charge in [-0.25, -0.2) is 0 Å². The summed E-state index contributed by atoms with van der Waals surface area (Å²) in [7, 11) is 3.21. The van der Waals surface area contributed by atoms with Gasteiger partial charge in [0.15, 0.2) is 5.96 Å². The van der Waals surface area contributed by atoms with Gasteiger partial charge in [-0.2, -0.15) is 8.78 Å². The second kappa shape index (κ2) is 8.91. The highest BCUT2D eigenvalue weighted by molar-refractivity contribution is 5.80. The summed E-state index contributed by atoms with van der Waals surface area (Å²) in [6, 6.07) is 15.2. The van der Waals surface area contributed by atoms with E-state index in [1.165, 1.54) is 18.7 Å². The highest BCUT2D eigenvalue weighted by Crippen LogP contribution is 2.47. The summed E-state index contributed by atoms with van der Waals surface area (Å²) in [5, 5.41) is 6.51. The van der Waals surface area contributed by atoms with Crippen LogP contribution in [0.4, 0.5) is 8.78 Å². The molecule has 2 N–H and O–H groups in total. The number of benzene rings is 2. The summed E-state index contributed by atoms with van der Waals surface area (Å²) >= 11 is 0. The molecular weight excluding hydrogens is 364 g/mol. The van der Waals surface area contributed by atoms with Crippen LogP contribution in [0.5, 0.6) is 11.5 Å². The fraction of sp³-hybridized carbons (Fsp3) is 0.381. The molecule has 2 aromatic rings. The lowest BCUT2D eigenvalue weighted by molar-refractivity contribution is -0.0504. The molecule has 0 spiro atoms. The summed E-state index contributed by atoms with van der Waals surface area (Å²) < 4.78 is 35.1. The van der Waals surface area contributed by atoms with Crippen LogP contribution in [0.3, 0.4) is 0 Å². The molecule has 0 amide bonds. The molecule has 5 nitrogen and oxygen atoms in total. The second-order valence-electron chi connectivity index (χ2n) is 6.78. The van der Waals surface area contributed by atoms with Crippen molar-refractivity contribution in [3.8, 4) is 11.5 Å². The standard InChI is InChI=1S/C21H25F2N3O2/c1-24-20(26-14-21(10-11-21)16-6-4-3-5-7-16)25-13-15-12-17(27-2)8-9-18(15)28-19(22)23/h3-9,12,19H,10-11,13-14H2,1-2H3,(H2,24,25,26). The monoisotopic (exact) mass is 389 g/mol. The van der Waals surface area contributed by atoms with Crippen LogP contribution in [0.15, 0.2) is 53.5 Å². The number of alkyl halides is 2. The van der Waals surface area contributed by atoms with Crippen molar-refractivity contribution in [2.24, 2.45) is 4.99 Å². The highest BCUT2D eigenvalue weighted by Gasteiger charge is 2.43. The van der Waals surface area contributed by atoms with E-state index in [2.05, 4.69) is 44.6 Å². The zero-order valence-corrected chi connectivity index (χ0v) is 16.0. The molecule has 0 atom stereocenters. The first-order valence-corrected chi connectivity index (χ1v) is 9.18. The van der Waals surface area contributed by atoms with Gasteiger partial charge < -0.3 is 20.1 Å². The molecular formula is C21H25F2N3O2. The predicted molar refractivity (Wildman–Crippen MR) is 105 cm³/mol. The zero-order chi connectivity index (χ0) is 20.0. The summed E-state index contributed by atoms with van der Waals surface area (Å²) in [5.74, 6) is 1.29. The lowest BCUT2D eigenvalue weighted by atomic mass is 9.96. The summed E-state index contributed by atoms with van der Waals surface area (Å²) in [6.45, 7) is -1.85. The Morgan fingerprint density at radius 2 is 1.89 bits per heavy atom. The van der Waals surface area contributed by atoms with Gasteiger partial charge in [0.2, 0.25) is 0 Å².